The van der Waals surface area contributed by atoms with E-state index < -0.39 is 5.97 Å². The third kappa shape index (κ3) is 3.31. The first-order valence-electron chi connectivity index (χ1n) is 5.15. The van der Waals surface area contributed by atoms with Crippen molar-refractivity contribution in [1.29, 1.82) is 0 Å². The lowest BCUT2D eigenvalue weighted by molar-refractivity contribution is 0.0696. The van der Waals surface area contributed by atoms with Crippen LogP contribution in [0.1, 0.15) is 15.9 Å². The molecule has 0 saturated carbocycles. The van der Waals surface area contributed by atoms with Gasteiger partial charge in [0.25, 0.3) is 0 Å². The predicted octanol–water partition coefficient (Wildman–Crippen LogP) is 3.70. The summed E-state index contributed by atoms with van der Waals surface area (Å²) >= 11 is 0. The van der Waals surface area contributed by atoms with Gasteiger partial charge in [0, 0.05) is 0 Å². The summed E-state index contributed by atoms with van der Waals surface area (Å²) in [6.07, 6.45) is 8.59. The van der Waals surface area contributed by atoms with Crippen LogP contribution in [0.3, 0.4) is 0 Å². The van der Waals surface area contributed by atoms with Crippen LogP contribution in [0.25, 0.3) is 5.57 Å². The third-order valence-electron chi connectivity index (χ3n) is 2.18. The molecule has 17 heavy (non-hydrogen) atoms. The van der Waals surface area contributed by atoms with Crippen LogP contribution in [-0.2, 0) is 0 Å². The minimum atomic E-state index is -0.942. The number of hydrogen-bond donors (Lipinski definition) is 1. The number of benzene rings is 1. The Bertz CT molecular complexity index is 493. The second-order valence-electron chi connectivity index (χ2n) is 3.30. The van der Waals surface area contributed by atoms with Crippen molar-refractivity contribution in [3.05, 3.63) is 78.9 Å². The van der Waals surface area contributed by atoms with Crippen molar-refractivity contribution in [2.24, 2.45) is 0 Å². The SMILES string of the molecule is C=C/C=C\C(=C/C=C)c1ccccc1C(=O)O. The van der Waals surface area contributed by atoms with Crippen LogP contribution in [0.15, 0.2) is 67.8 Å². The first kappa shape index (κ1) is 12.7. The highest BCUT2D eigenvalue weighted by atomic mass is 16.4. The Morgan fingerprint density at radius 2 is 1.76 bits per heavy atom. The molecule has 0 aromatic heterocycles. The zero-order valence-corrected chi connectivity index (χ0v) is 9.47. The first-order valence-corrected chi connectivity index (χ1v) is 5.15. The van der Waals surface area contributed by atoms with Gasteiger partial charge in [0.05, 0.1) is 5.56 Å². The quantitative estimate of drug-likeness (QED) is 0.777. The summed E-state index contributed by atoms with van der Waals surface area (Å²) in [5, 5.41) is 9.11. The van der Waals surface area contributed by atoms with Gasteiger partial charge in [-0.2, -0.15) is 0 Å². The van der Waals surface area contributed by atoms with E-state index in [1.165, 1.54) is 0 Å². The molecular formula is C15H14O2. The van der Waals surface area contributed by atoms with Gasteiger partial charge < -0.3 is 5.11 Å². The van der Waals surface area contributed by atoms with E-state index in [2.05, 4.69) is 13.2 Å². The minimum Gasteiger partial charge on any atom is -0.478 e. The van der Waals surface area contributed by atoms with E-state index in [-0.39, 0.29) is 5.56 Å². The fraction of sp³-hybridized carbons (Fsp3) is 0. The molecule has 0 fully saturated rings. The van der Waals surface area contributed by atoms with Gasteiger partial charge in [-0.1, -0.05) is 61.7 Å². The zero-order chi connectivity index (χ0) is 12.7. The molecule has 1 N–H and O–H groups in total. The van der Waals surface area contributed by atoms with Gasteiger partial charge in [-0.05, 0) is 17.2 Å². The summed E-state index contributed by atoms with van der Waals surface area (Å²) in [6.45, 7) is 7.21. The van der Waals surface area contributed by atoms with Gasteiger partial charge >= 0.3 is 5.97 Å². The van der Waals surface area contributed by atoms with Crippen LogP contribution in [0.4, 0.5) is 0 Å². The van der Waals surface area contributed by atoms with Crippen molar-refractivity contribution in [2.75, 3.05) is 0 Å². The summed E-state index contributed by atoms with van der Waals surface area (Å²) in [5.41, 5.74) is 1.73. The standard InChI is InChI=1S/C15H14O2/c1-3-5-9-12(8-4-2)13-10-6-7-11-14(13)15(16)17/h3-11H,1-2H2,(H,16,17)/b9-5-,12-8+. The maximum atomic E-state index is 11.1. The molecule has 1 aromatic carbocycles. The van der Waals surface area contributed by atoms with Crippen LogP contribution in [0.5, 0.6) is 0 Å². The van der Waals surface area contributed by atoms with E-state index in [0.29, 0.717) is 5.56 Å². The Kier molecular flexibility index (Phi) is 4.70. The lowest BCUT2D eigenvalue weighted by Crippen LogP contribution is -2.00. The lowest BCUT2D eigenvalue weighted by Gasteiger charge is -2.06. The smallest absolute Gasteiger partial charge is 0.336 e. The monoisotopic (exact) mass is 226 g/mol. The van der Waals surface area contributed by atoms with E-state index in [0.717, 1.165) is 5.57 Å². The molecule has 1 rings (SSSR count). The molecule has 0 spiro atoms. The van der Waals surface area contributed by atoms with Gasteiger partial charge in [-0.25, -0.2) is 4.79 Å². The van der Waals surface area contributed by atoms with Crippen LogP contribution >= 0.6 is 0 Å². The summed E-state index contributed by atoms with van der Waals surface area (Å²) in [5.74, 6) is -0.942. The van der Waals surface area contributed by atoms with Crippen molar-refractivity contribution < 1.29 is 9.90 Å². The van der Waals surface area contributed by atoms with Gasteiger partial charge in [0.1, 0.15) is 0 Å². The highest BCUT2D eigenvalue weighted by Crippen LogP contribution is 2.20. The van der Waals surface area contributed by atoms with Crippen molar-refractivity contribution in [3.63, 3.8) is 0 Å². The first-order chi connectivity index (χ1) is 8.20. The number of carbonyl (C=O) groups is 1. The highest BCUT2D eigenvalue weighted by molar-refractivity contribution is 5.95. The Labute approximate surface area is 101 Å². The second kappa shape index (κ2) is 6.28. The minimum absolute atomic E-state index is 0.273. The van der Waals surface area contributed by atoms with Crippen molar-refractivity contribution in [3.8, 4) is 0 Å². The summed E-state index contributed by atoms with van der Waals surface area (Å²) in [6, 6.07) is 6.86. The lowest BCUT2D eigenvalue weighted by atomic mass is 9.99. The molecule has 0 amide bonds. The number of hydrogen-bond acceptors (Lipinski definition) is 1. The number of carboxylic acids is 1. The molecule has 0 unspecified atom stereocenters. The third-order valence-corrected chi connectivity index (χ3v) is 2.18. The van der Waals surface area contributed by atoms with E-state index in [1.54, 1.807) is 54.6 Å². The molecule has 1 aromatic rings. The van der Waals surface area contributed by atoms with E-state index in [9.17, 15) is 4.79 Å². The van der Waals surface area contributed by atoms with Crippen molar-refractivity contribution >= 4 is 11.5 Å². The molecule has 86 valence electrons. The summed E-state index contributed by atoms with van der Waals surface area (Å²) < 4.78 is 0. The molecule has 2 heteroatoms. The van der Waals surface area contributed by atoms with Crippen molar-refractivity contribution in [1.82, 2.24) is 0 Å². The van der Waals surface area contributed by atoms with Crippen LogP contribution in [0, 0.1) is 0 Å². The Balaban J connectivity index is 3.32. The molecule has 0 atom stereocenters. The van der Waals surface area contributed by atoms with Gasteiger partial charge in [-0.15, -0.1) is 0 Å². The van der Waals surface area contributed by atoms with E-state index in [4.69, 9.17) is 5.11 Å². The van der Waals surface area contributed by atoms with Gasteiger partial charge in [0.2, 0.25) is 0 Å². The Morgan fingerprint density at radius 3 is 2.29 bits per heavy atom. The molecule has 0 aliphatic carbocycles. The molecular weight excluding hydrogens is 212 g/mol. The fourth-order valence-electron chi connectivity index (χ4n) is 1.46. The highest BCUT2D eigenvalue weighted by Gasteiger charge is 2.10. The second-order valence-corrected chi connectivity index (χ2v) is 3.30. The molecule has 0 heterocycles. The molecule has 0 radical (unpaired) electrons. The maximum absolute atomic E-state index is 11.1. The van der Waals surface area contributed by atoms with Crippen LogP contribution in [0.2, 0.25) is 0 Å². The number of carboxylic acid groups (broad SMARTS) is 1. The van der Waals surface area contributed by atoms with Crippen LogP contribution in [-0.4, -0.2) is 11.1 Å². The zero-order valence-electron chi connectivity index (χ0n) is 9.47. The molecule has 0 saturated heterocycles. The fourth-order valence-corrected chi connectivity index (χ4v) is 1.46. The largest absolute Gasteiger partial charge is 0.478 e. The van der Waals surface area contributed by atoms with Crippen molar-refractivity contribution in [2.45, 2.75) is 0 Å². The van der Waals surface area contributed by atoms with E-state index >= 15 is 0 Å². The summed E-state index contributed by atoms with van der Waals surface area (Å²) in [7, 11) is 0. The molecule has 0 aliphatic heterocycles. The van der Waals surface area contributed by atoms with E-state index in [1.807, 2.05) is 0 Å². The topological polar surface area (TPSA) is 37.3 Å². The predicted molar refractivity (Wildman–Crippen MR) is 70.9 cm³/mol. The average Bonchev–Trinajstić information content (AvgIpc) is 2.34. The molecule has 0 bridgehead atoms. The number of rotatable bonds is 5. The Morgan fingerprint density at radius 1 is 1.12 bits per heavy atom. The summed E-state index contributed by atoms with van der Waals surface area (Å²) in [4.78, 5) is 11.1. The van der Waals surface area contributed by atoms with Gasteiger partial charge in [-0.3, -0.25) is 0 Å². The maximum Gasteiger partial charge on any atom is 0.336 e. The van der Waals surface area contributed by atoms with Crippen LogP contribution < -0.4 is 0 Å². The Hall–Kier alpha value is -2.35. The number of allylic oxidation sites excluding steroid dienone is 6. The number of aromatic carboxylic acids is 1. The molecule has 2 nitrogen and oxygen atoms in total. The van der Waals surface area contributed by atoms with Gasteiger partial charge in [0.15, 0.2) is 0 Å². The normalized spacial score (nSPS) is 11.4. The molecule has 0 aliphatic rings. The average molecular weight is 226 g/mol.